The Morgan fingerprint density at radius 2 is 1.17 bits per heavy atom. The largest absolute Gasteiger partial charge is 0.506 e. The number of nitrogen functional groups attached to an aromatic ring is 1. The Hall–Kier alpha value is -5.60. The standard InChI is InChI=1S/C14H8ClFN4O3.C14H10ClFN4O.2CH4/c15-9-3-7(1-2-10(9)16)19-14-8-4-12(20(22)23)13(21)5-11(8)17-6-18-14;15-9-3-7(1-2-10(9)16)20-14-8-4-11(17)13(21)5-12(8)18-6-19-14;;/h1-6,21H,(H,17,18,19);1-6,21H,17H2,(H,18,19,20);2*1H4. The van der Waals surface area contributed by atoms with Crippen molar-refractivity contribution in [2.24, 2.45) is 0 Å². The molecule has 2 aromatic heterocycles. The van der Waals surface area contributed by atoms with Crippen molar-refractivity contribution in [1.29, 1.82) is 0 Å². The smallest absolute Gasteiger partial charge is 0.311 e. The van der Waals surface area contributed by atoms with E-state index in [-0.39, 0.29) is 42.2 Å². The first-order chi connectivity index (χ1) is 21.0. The molecule has 2 heterocycles. The van der Waals surface area contributed by atoms with Gasteiger partial charge in [-0.1, -0.05) is 38.1 Å². The Morgan fingerprint density at radius 1 is 0.717 bits per heavy atom. The Bertz CT molecular complexity index is 2070. The van der Waals surface area contributed by atoms with Crippen LogP contribution in [0.3, 0.4) is 0 Å². The number of nitro benzene ring substituents is 1. The number of nitrogens with zero attached hydrogens (tertiary/aromatic N) is 5. The minimum Gasteiger partial charge on any atom is -0.506 e. The molecule has 0 saturated carbocycles. The van der Waals surface area contributed by atoms with E-state index in [1.165, 1.54) is 55.1 Å². The molecule has 0 aliphatic heterocycles. The molecule has 6 aromatic rings. The number of anilines is 5. The molecule has 0 radical (unpaired) electrons. The first kappa shape index (κ1) is 34.9. The third-order valence-corrected chi connectivity index (χ3v) is 6.66. The van der Waals surface area contributed by atoms with Crippen LogP contribution in [-0.2, 0) is 0 Å². The molecule has 4 aromatic carbocycles. The van der Waals surface area contributed by atoms with Crippen LogP contribution in [-0.4, -0.2) is 35.1 Å². The SMILES string of the molecule is C.C.Nc1cc2c(Nc3ccc(F)c(Cl)c3)ncnc2cc1O.O=[N+]([O-])c1cc2c(Nc3ccc(F)c(Cl)c3)ncnc2cc1O. The molecule has 6 rings (SSSR count). The van der Waals surface area contributed by atoms with Crippen molar-refractivity contribution in [3.05, 3.63) is 105 Å². The molecule has 46 heavy (non-hydrogen) atoms. The van der Waals surface area contributed by atoms with Crippen LogP contribution in [0.4, 0.5) is 43.2 Å². The molecule has 0 spiro atoms. The lowest BCUT2D eigenvalue weighted by molar-refractivity contribution is -0.385. The second kappa shape index (κ2) is 14.5. The second-order valence-corrected chi connectivity index (χ2v) is 9.81. The number of nitro groups is 1. The van der Waals surface area contributed by atoms with Gasteiger partial charge in [0, 0.05) is 35.0 Å². The van der Waals surface area contributed by atoms with Gasteiger partial charge >= 0.3 is 5.69 Å². The molecule has 0 bridgehead atoms. The number of rotatable bonds is 5. The number of hydrogen-bond acceptors (Lipinski definition) is 11. The monoisotopic (exact) mass is 670 g/mol. The molecule has 0 atom stereocenters. The van der Waals surface area contributed by atoms with Gasteiger partial charge in [-0.2, -0.15) is 0 Å². The lowest BCUT2D eigenvalue weighted by Gasteiger charge is -2.10. The Kier molecular flexibility index (Phi) is 11.0. The predicted molar refractivity (Wildman–Crippen MR) is 176 cm³/mol. The quantitative estimate of drug-likeness (QED) is 0.0512. The van der Waals surface area contributed by atoms with E-state index in [2.05, 4.69) is 30.6 Å². The minimum atomic E-state index is -0.708. The van der Waals surface area contributed by atoms with Crippen molar-refractivity contribution in [2.45, 2.75) is 14.9 Å². The van der Waals surface area contributed by atoms with Crippen molar-refractivity contribution >= 4 is 79.4 Å². The molecular formula is C30H26Cl2F2N8O4. The number of nitrogens with two attached hydrogens (primary N) is 1. The van der Waals surface area contributed by atoms with E-state index >= 15 is 0 Å². The number of halogens is 4. The van der Waals surface area contributed by atoms with Crippen LogP contribution in [0.1, 0.15) is 14.9 Å². The highest BCUT2D eigenvalue weighted by molar-refractivity contribution is 6.31. The van der Waals surface area contributed by atoms with E-state index in [0.717, 1.165) is 6.07 Å². The molecule has 0 amide bonds. The number of fused-ring (bicyclic) bond motifs is 2. The van der Waals surface area contributed by atoms with Crippen LogP contribution in [0.2, 0.25) is 10.0 Å². The molecule has 238 valence electrons. The molecule has 6 N–H and O–H groups in total. The molecule has 0 unspecified atom stereocenters. The van der Waals surface area contributed by atoms with Gasteiger partial charge in [-0.15, -0.1) is 0 Å². The molecule has 0 fully saturated rings. The van der Waals surface area contributed by atoms with Crippen LogP contribution in [0.15, 0.2) is 73.3 Å². The van der Waals surface area contributed by atoms with Gasteiger partial charge in [0.15, 0.2) is 5.75 Å². The molecule has 0 aliphatic rings. The summed E-state index contributed by atoms with van der Waals surface area (Å²) in [6, 6.07) is 13.6. The van der Waals surface area contributed by atoms with Gasteiger partial charge in [-0.05, 0) is 42.5 Å². The highest BCUT2D eigenvalue weighted by Crippen LogP contribution is 2.34. The summed E-state index contributed by atoms with van der Waals surface area (Å²) in [5.74, 6) is -0.849. The van der Waals surface area contributed by atoms with Crippen molar-refractivity contribution in [3.63, 3.8) is 0 Å². The summed E-state index contributed by atoms with van der Waals surface area (Å²) in [4.78, 5) is 26.4. The lowest BCUT2D eigenvalue weighted by atomic mass is 10.2. The summed E-state index contributed by atoms with van der Waals surface area (Å²) in [5, 5.41) is 37.0. The average Bonchev–Trinajstić information content (AvgIpc) is 2.98. The van der Waals surface area contributed by atoms with Crippen LogP contribution >= 0.6 is 23.2 Å². The topological polar surface area (TPSA) is 185 Å². The summed E-state index contributed by atoms with van der Waals surface area (Å²) in [6.45, 7) is 0. The normalized spacial score (nSPS) is 10.3. The van der Waals surface area contributed by atoms with Crippen LogP contribution < -0.4 is 16.4 Å². The van der Waals surface area contributed by atoms with Crippen molar-refractivity contribution in [1.82, 2.24) is 19.9 Å². The van der Waals surface area contributed by atoms with Gasteiger partial charge in [-0.3, -0.25) is 10.1 Å². The van der Waals surface area contributed by atoms with E-state index < -0.39 is 28.0 Å². The van der Waals surface area contributed by atoms with Crippen molar-refractivity contribution in [2.75, 3.05) is 16.4 Å². The summed E-state index contributed by atoms with van der Waals surface area (Å²) in [6.07, 6.45) is 2.59. The van der Waals surface area contributed by atoms with E-state index in [9.17, 15) is 29.1 Å². The zero-order valence-electron chi connectivity index (χ0n) is 22.0. The highest BCUT2D eigenvalue weighted by atomic mass is 35.5. The third-order valence-electron chi connectivity index (χ3n) is 6.08. The molecular weight excluding hydrogens is 645 g/mol. The van der Waals surface area contributed by atoms with Crippen LogP contribution in [0.5, 0.6) is 11.5 Å². The number of aromatic nitrogens is 4. The van der Waals surface area contributed by atoms with Gasteiger partial charge in [-0.25, -0.2) is 28.7 Å². The maximum absolute atomic E-state index is 13.2. The predicted octanol–water partition coefficient (Wildman–Crippen LogP) is 8.51. The minimum absolute atomic E-state index is 0. The summed E-state index contributed by atoms with van der Waals surface area (Å²) >= 11 is 11.5. The Labute approximate surface area is 270 Å². The van der Waals surface area contributed by atoms with E-state index in [4.69, 9.17) is 28.9 Å². The van der Waals surface area contributed by atoms with Gasteiger partial charge in [0.25, 0.3) is 0 Å². The summed E-state index contributed by atoms with van der Waals surface area (Å²) in [5.41, 5.74) is 7.32. The Balaban J connectivity index is 0.000000241. The van der Waals surface area contributed by atoms with E-state index in [1.54, 1.807) is 12.1 Å². The maximum atomic E-state index is 13.2. The fourth-order valence-corrected chi connectivity index (χ4v) is 4.32. The number of phenolic OH excluding ortho intramolecular Hbond substituents is 2. The van der Waals surface area contributed by atoms with Gasteiger partial charge in [0.05, 0.1) is 37.1 Å². The number of benzene rings is 4. The molecule has 16 heteroatoms. The second-order valence-electron chi connectivity index (χ2n) is 9.00. The first-order valence-electron chi connectivity index (χ1n) is 12.3. The number of nitrogens with one attached hydrogen (secondary N) is 2. The molecule has 0 saturated heterocycles. The number of aromatic hydroxyl groups is 2. The van der Waals surface area contributed by atoms with E-state index in [1.807, 2.05) is 0 Å². The zero-order chi connectivity index (χ0) is 31.5. The Morgan fingerprint density at radius 3 is 1.63 bits per heavy atom. The van der Waals surface area contributed by atoms with Gasteiger partial charge in [0.1, 0.15) is 41.7 Å². The number of hydrogen-bond donors (Lipinski definition) is 5. The van der Waals surface area contributed by atoms with E-state index in [0.29, 0.717) is 39.0 Å². The first-order valence-corrected chi connectivity index (χ1v) is 13.0. The highest BCUT2D eigenvalue weighted by Gasteiger charge is 2.17. The van der Waals surface area contributed by atoms with Crippen LogP contribution in [0, 0.1) is 21.7 Å². The lowest BCUT2D eigenvalue weighted by Crippen LogP contribution is -1.97. The van der Waals surface area contributed by atoms with Crippen molar-refractivity contribution < 1.29 is 23.9 Å². The van der Waals surface area contributed by atoms with Gasteiger partial charge < -0.3 is 26.6 Å². The summed E-state index contributed by atoms with van der Waals surface area (Å²) in [7, 11) is 0. The zero-order valence-corrected chi connectivity index (χ0v) is 23.5. The van der Waals surface area contributed by atoms with Gasteiger partial charge in [0.2, 0.25) is 0 Å². The molecule has 0 aliphatic carbocycles. The summed E-state index contributed by atoms with van der Waals surface area (Å²) < 4.78 is 26.3. The average molecular weight is 671 g/mol. The third kappa shape index (κ3) is 7.54. The molecule has 12 nitrogen and oxygen atoms in total. The maximum Gasteiger partial charge on any atom is 0.311 e. The number of phenols is 2. The fourth-order valence-electron chi connectivity index (χ4n) is 3.96. The van der Waals surface area contributed by atoms with Crippen molar-refractivity contribution in [3.8, 4) is 11.5 Å². The van der Waals surface area contributed by atoms with Crippen LogP contribution in [0.25, 0.3) is 21.8 Å². The fraction of sp³-hybridized carbons (Fsp3) is 0.0667.